The molecule has 0 aliphatic carbocycles. The summed E-state index contributed by atoms with van der Waals surface area (Å²) in [6, 6.07) is 6.65. The molecule has 1 amide bonds. The summed E-state index contributed by atoms with van der Waals surface area (Å²) in [7, 11) is 0. The molecule has 1 aliphatic rings. The number of hydrogen-bond acceptors (Lipinski definition) is 3. The first-order chi connectivity index (χ1) is 9.99. The van der Waals surface area contributed by atoms with Crippen molar-refractivity contribution in [2.24, 2.45) is 5.73 Å². The molecule has 1 heterocycles. The van der Waals surface area contributed by atoms with Crippen LogP contribution in [0.4, 0.5) is 0 Å². The molecule has 1 aromatic carbocycles. The van der Waals surface area contributed by atoms with Gasteiger partial charge in [0.2, 0.25) is 5.91 Å². The van der Waals surface area contributed by atoms with E-state index >= 15 is 0 Å². The van der Waals surface area contributed by atoms with Crippen LogP contribution in [-0.4, -0.2) is 35.2 Å². The average Bonchev–Trinajstić information content (AvgIpc) is 2.46. The third-order valence-corrected chi connectivity index (χ3v) is 5.32. The van der Waals surface area contributed by atoms with Crippen LogP contribution in [0, 0.1) is 13.8 Å². The molecule has 1 aliphatic heterocycles. The number of carbonyl (C=O) groups is 1. The second-order valence-corrected chi connectivity index (χ2v) is 7.08. The van der Waals surface area contributed by atoms with E-state index < -0.39 is 0 Å². The molecule has 0 spiro atoms. The SMILES string of the molecule is Cc1ccc(SCC(=O)N2CCCCC2C(C)N)c(C)c1. The Hall–Kier alpha value is -1.00. The van der Waals surface area contributed by atoms with Crippen molar-refractivity contribution in [3.8, 4) is 0 Å². The number of aryl methyl sites for hydroxylation is 2. The van der Waals surface area contributed by atoms with Crippen molar-refractivity contribution in [2.45, 2.75) is 57.0 Å². The lowest BCUT2D eigenvalue weighted by molar-refractivity contribution is -0.132. The van der Waals surface area contributed by atoms with Crippen LogP contribution in [0.3, 0.4) is 0 Å². The standard InChI is InChI=1S/C17H26N2OS/c1-12-7-8-16(13(2)10-12)21-11-17(20)19-9-5-4-6-15(19)14(3)18/h7-8,10,14-15H,4-6,9,11,18H2,1-3H3. The van der Waals surface area contributed by atoms with Crippen LogP contribution < -0.4 is 5.73 Å². The van der Waals surface area contributed by atoms with Gasteiger partial charge < -0.3 is 10.6 Å². The highest BCUT2D eigenvalue weighted by atomic mass is 32.2. The minimum absolute atomic E-state index is 0.0559. The highest BCUT2D eigenvalue weighted by molar-refractivity contribution is 8.00. The molecule has 1 aromatic rings. The van der Waals surface area contributed by atoms with Crippen LogP contribution >= 0.6 is 11.8 Å². The Morgan fingerprint density at radius 2 is 2.19 bits per heavy atom. The average molecular weight is 306 g/mol. The topological polar surface area (TPSA) is 46.3 Å². The molecular formula is C17H26N2OS. The van der Waals surface area contributed by atoms with E-state index in [1.54, 1.807) is 11.8 Å². The van der Waals surface area contributed by atoms with Gasteiger partial charge in [-0.15, -0.1) is 11.8 Å². The van der Waals surface area contributed by atoms with E-state index in [2.05, 4.69) is 32.0 Å². The molecule has 2 unspecified atom stereocenters. The van der Waals surface area contributed by atoms with E-state index in [1.165, 1.54) is 22.4 Å². The molecule has 21 heavy (non-hydrogen) atoms. The molecule has 116 valence electrons. The van der Waals surface area contributed by atoms with Gasteiger partial charge in [-0.25, -0.2) is 0 Å². The number of nitrogens with two attached hydrogens (primary N) is 1. The van der Waals surface area contributed by atoms with Crippen molar-refractivity contribution in [2.75, 3.05) is 12.3 Å². The summed E-state index contributed by atoms with van der Waals surface area (Å²) < 4.78 is 0. The van der Waals surface area contributed by atoms with Gasteiger partial charge in [-0.1, -0.05) is 17.7 Å². The van der Waals surface area contributed by atoms with Gasteiger partial charge >= 0.3 is 0 Å². The summed E-state index contributed by atoms with van der Waals surface area (Å²) in [4.78, 5) is 15.7. The van der Waals surface area contributed by atoms with Gasteiger partial charge in [0.15, 0.2) is 0 Å². The Kier molecular flexibility index (Phi) is 5.71. The molecular weight excluding hydrogens is 280 g/mol. The number of carbonyl (C=O) groups excluding carboxylic acids is 1. The summed E-state index contributed by atoms with van der Waals surface area (Å²) in [6.07, 6.45) is 3.32. The minimum Gasteiger partial charge on any atom is -0.337 e. The summed E-state index contributed by atoms with van der Waals surface area (Å²) in [5, 5.41) is 0. The summed E-state index contributed by atoms with van der Waals surface area (Å²) in [5.74, 6) is 0.731. The summed E-state index contributed by atoms with van der Waals surface area (Å²) >= 11 is 1.64. The van der Waals surface area contributed by atoms with Gasteiger partial charge in [0.1, 0.15) is 0 Å². The van der Waals surface area contributed by atoms with E-state index in [0.717, 1.165) is 19.4 Å². The second-order valence-electron chi connectivity index (χ2n) is 6.07. The number of likely N-dealkylation sites (tertiary alicyclic amines) is 1. The first kappa shape index (κ1) is 16.4. The molecule has 1 saturated heterocycles. The number of rotatable bonds is 4. The highest BCUT2D eigenvalue weighted by Crippen LogP contribution is 2.25. The van der Waals surface area contributed by atoms with E-state index in [0.29, 0.717) is 5.75 Å². The van der Waals surface area contributed by atoms with E-state index in [4.69, 9.17) is 5.73 Å². The largest absolute Gasteiger partial charge is 0.337 e. The van der Waals surface area contributed by atoms with Crippen LogP contribution in [0.25, 0.3) is 0 Å². The maximum absolute atomic E-state index is 12.5. The lowest BCUT2D eigenvalue weighted by Gasteiger charge is -2.38. The third kappa shape index (κ3) is 4.24. The fraction of sp³-hybridized carbons (Fsp3) is 0.588. The van der Waals surface area contributed by atoms with Gasteiger partial charge in [0.05, 0.1) is 5.75 Å². The van der Waals surface area contributed by atoms with Crippen molar-refractivity contribution in [3.05, 3.63) is 29.3 Å². The lowest BCUT2D eigenvalue weighted by atomic mass is 9.97. The van der Waals surface area contributed by atoms with Crippen LogP contribution in [0.15, 0.2) is 23.1 Å². The van der Waals surface area contributed by atoms with E-state index in [1.807, 2.05) is 11.8 Å². The predicted molar refractivity (Wildman–Crippen MR) is 89.6 cm³/mol. The smallest absolute Gasteiger partial charge is 0.233 e. The van der Waals surface area contributed by atoms with Crippen molar-refractivity contribution in [3.63, 3.8) is 0 Å². The first-order valence-electron chi connectivity index (χ1n) is 7.74. The molecule has 0 aromatic heterocycles. The van der Waals surface area contributed by atoms with Crippen molar-refractivity contribution in [1.82, 2.24) is 4.90 Å². The second kappa shape index (κ2) is 7.32. The Morgan fingerprint density at radius 1 is 1.43 bits per heavy atom. The number of hydrogen-bond donors (Lipinski definition) is 1. The molecule has 2 atom stereocenters. The van der Waals surface area contributed by atoms with Crippen LogP contribution in [0.2, 0.25) is 0 Å². The van der Waals surface area contributed by atoms with Crippen molar-refractivity contribution < 1.29 is 4.79 Å². The highest BCUT2D eigenvalue weighted by Gasteiger charge is 2.28. The molecule has 2 N–H and O–H groups in total. The number of amides is 1. The molecule has 0 saturated carbocycles. The molecule has 0 bridgehead atoms. The fourth-order valence-electron chi connectivity index (χ4n) is 3.00. The number of benzene rings is 1. The Morgan fingerprint density at radius 3 is 2.86 bits per heavy atom. The molecule has 4 heteroatoms. The zero-order valence-corrected chi connectivity index (χ0v) is 14.1. The molecule has 3 nitrogen and oxygen atoms in total. The van der Waals surface area contributed by atoms with E-state index in [9.17, 15) is 4.79 Å². The Bertz CT molecular complexity index is 502. The summed E-state index contributed by atoms with van der Waals surface area (Å²) in [6.45, 7) is 7.06. The monoisotopic (exact) mass is 306 g/mol. The van der Waals surface area contributed by atoms with Crippen LogP contribution in [0.1, 0.15) is 37.3 Å². The summed E-state index contributed by atoms with van der Waals surface area (Å²) in [5.41, 5.74) is 8.55. The molecule has 0 radical (unpaired) electrons. The zero-order valence-electron chi connectivity index (χ0n) is 13.3. The van der Waals surface area contributed by atoms with Crippen LogP contribution in [-0.2, 0) is 4.79 Å². The van der Waals surface area contributed by atoms with Crippen molar-refractivity contribution >= 4 is 17.7 Å². The Labute approximate surface area is 132 Å². The van der Waals surface area contributed by atoms with Gasteiger partial charge in [-0.05, 0) is 51.7 Å². The molecule has 1 fully saturated rings. The zero-order chi connectivity index (χ0) is 15.4. The minimum atomic E-state index is 0.0559. The lowest BCUT2D eigenvalue weighted by Crippen LogP contribution is -2.52. The van der Waals surface area contributed by atoms with Crippen molar-refractivity contribution in [1.29, 1.82) is 0 Å². The maximum Gasteiger partial charge on any atom is 0.233 e. The molecule has 2 rings (SSSR count). The maximum atomic E-state index is 12.5. The third-order valence-electron chi connectivity index (χ3n) is 4.16. The van der Waals surface area contributed by atoms with Crippen LogP contribution in [0.5, 0.6) is 0 Å². The number of piperidine rings is 1. The normalized spacial score (nSPS) is 20.4. The Balaban J connectivity index is 1.97. The first-order valence-corrected chi connectivity index (χ1v) is 8.72. The number of thioether (sulfide) groups is 1. The van der Waals surface area contributed by atoms with E-state index in [-0.39, 0.29) is 18.0 Å². The van der Waals surface area contributed by atoms with Gasteiger partial charge in [0, 0.05) is 23.5 Å². The van der Waals surface area contributed by atoms with Gasteiger partial charge in [-0.3, -0.25) is 4.79 Å². The van der Waals surface area contributed by atoms with Gasteiger partial charge in [0.25, 0.3) is 0 Å². The fourth-order valence-corrected chi connectivity index (χ4v) is 3.89. The number of nitrogens with zero attached hydrogens (tertiary/aromatic N) is 1. The quantitative estimate of drug-likeness (QED) is 0.869. The predicted octanol–water partition coefficient (Wildman–Crippen LogP) is 3.12. The van der Waals surface area contributed by atoms with Gasteiger partial charge in [-0.2, -0.15) is 0 Å².